The molecule has 0 aliphatic heterocycles. The molecule has 0 atom stereocenters. The smallest absolute Gasteiger partial charge is 0.303 e. The summed E-state index contributed by atoms with van der Waals surface area (Å²) in [5.41, 5.74) is 9.76. The van der Waals surface area contributed by atoms with Crippen LogP contribution in [0, 0.1) is 5.92 Å². The van der Waals surface area contributed by atoms with Crippen molar-refractivity contribution in [1.29, 1.82) is 0 Å². The summed E-state index contributed by atoms with van der Waals surface area (Å²) in [4.78, 5) is 25.2. The van der Waals surface area contributed by atoms with Crippen molar-refractivity contribution < 1.29 is 9.90 Å². The summed E-state index contributed by atoms with van der Waals surface area (Å²) in [7, 11) is 1.89. The van der Waals surface area contributed by atoms with E-state index in [9.17, 15) is 4.79 Å². The molecule has 0 amide bonds. The first-order valence-corrected chi connectivity index (χ1v) is 8.86. The quantitative estimate of drug-likeness (QED) is 0.601. The molecule has 0 unspecified atom stereocenters. The Morgan fingerprint density at radius 2 is 2.12 bits per heavy atom. The number of H-pyrrole nitrogens is 1. The Balaban J connectivity index is 2.05. The number of anilines is 2. The van der Waals surface area contributed by atoms with Crippen LogP contribution in [0.2, 0.25) is 0 Å². The molecular weight excluding hydrogens is 330 g/mol. The topological polar surface area (TPSA) is 108 Å². The minimum atomic E-state index is -0.791. The Kier molecular flexibility index (Phi) is 4.97. The third kappa shape index (κ3) is 3.56. The first-order valence-electron chi connectivity index (χ1n) is 8.86. The molecule has 4 N–H and O–H groups in total. The van der Waals surface area contributed by atoms with Gasteiger partial charge in [-0.25, -0.2) is 9.97 Å². The molecule has 0 aliphatic carbocycles. The van der Waals surface area contributed by atoms with Crippen LogP contribution >= 0.6 is 0 Å². The second-order valence-corrected chi connectivity index (χ2v) is 7.11. The molecule has 7 heteroatoms. The van der Waals surface area contributed by atoms with E-state index in [2.05, 4.69) is 29.9 Å². The van der Waals surface area contributed by atoms with Crippen molar-refractivity contribution in [2.45, 2.75) is 33.1 Å². The highest BCUT2D eigenvalue weighted by Gasteiger charge is 2.16. The summed E-state index contributed by atoms with van der Waals surface area (Å²) in [6.07, 6.45) is 1.63. The van der Waals surface area contributed by atoms with Crippen molar-refractivity contribution in [3.8, 4) is 0 Å². The Labute approximate surface area is 152 Å². The summed E-state index contributed by atoms with van der Waals surface area (Å²) in [6, 6.07) is 6.08. The summed E-state index contributed by atoms with van der Waals surface area (Å²) in [5.74, 6) is 0.823. The van der Waals surface area contributed by atoms with Crippen LogP contribution in [-0.2, 0) is 11.2 Å². The number of carboxylic acids is 1. The maximum absolute atomic E-state index is 10.7. The molecule has 1 aromatic carbocycles. The van der Waals surface area contributed by atoms with Gasteiger partial charge in [-0.1, -0.05) is 26.0 Å². The van der Waals surface area contributed by atoms with Crippen LogP contribution in [-0.4, -0.2) is 39.6 Å². The highest BCUT2D eigenvalue weighted by atomic mass is 16.4. The third-order valence-electron chi connectivity index (χ3n) is 4.43. The van der Waals surface area contributed by atoms with Crippen LogP contribution in [0.5, 0.6) is 0 Å². The van der Waals surface area contributed by atoms with E-state index in [1.165, 1.54) is 5.56 Å². The maximum Gasteiger partial charge on any atom is 0.303 e. The number of carboxylic acid groups (broad SMARTS) is 1. The predicted molar refractivity (Wildman–Crippen MR) is 104 cm³/mol. The van der Waals surface area contributed by atoms with E-state index >= 15 is 0 Å². The number of pyridine rings is 1. The van der Waals surface area contributed by atoms with Crippen LogP contribution in [0.25, 0.3) is 21.9 Å². The average Bonchev–Trinajstić information content (AvgIpc) is 3.00. The van der Waals surface area contributed by atoms with Crippen LogP contribution in [0.1, 0.15) is 32.3 Å². The lowest BCUT2D eigenvalue weighted by molar-refractivity contribution is -0.137. The molecule has 138 valence electrons. The van der Waals surface area contributed by atoms with Crippen molar-refractivity contribution >= 4 is 39.7 Å². The number of hydrogen-bond acceptors (Lipinski definition) is 5. The molecule has 0 fully saturated rings. The lowest BCUT2D eigenvalue weighted by atomic mass is 9.98. The number of hydrogen-bond donors (Lipinski definition) is 3. The lowest BCUT2D eigenvalue weighted by Crippen LogP contribution is -2.20. The van der Waals surface area contributed by atoms with Crippen molar-refractivity contribution in [2.24, 2.45) is 5.92 Å². The van der Waals surface area contributed by atoms with Crippen molar-refractivity contribution in [2.75, 3.05) is 24.2 Å². The summed E-state index contributed by atoms with van der Waals surface area (Å²) in [5, 5.41) is 9.84. The zero-order valence-corrected chi connectivity index (χ0v) is 15.4. The van der Waals surface area contributed by atoms with Gasteiger partial charge in [0, 0.05) is 25.4 Å². The number of imidazole rings is 1. The summed E-state index contributed by atoms with van der Waals surface area (Å²) < 4.78 is 0. The van der Waals surface area contributed by atoms with E-state index in [1.807, 2.05) is 24.1 Å². The molecule has 2 heterocycles. The molecule has 0 radical (unpaired) electrons. The number of nitrogens with zero attached hydrogens (tertiary/aromatic N) is 3. The molecule has 3 aromatic rings. The van der Waals surface area contributed by atoms with Gasteiger partial charge in [-0.2, -0.15) is 0 Å². The van der Waals surface area contributed by atoms with Gasteiger partial charge in [0.25, 0.3) is 0 Å². The van der Waals surface area contributed by atoms with Gasteiger partial charge in [0.15, 0.2) is 0 Å². The molecule has 26 heavy (non-hydrogen) atoms. The van der Waals surface area contributed by atoms with Gasteiger partial charge in [-0.05, 0) is 30.4 Å². The Bertz CT molecular complexity index is 948. The third-order valence-corrected chi connectivity index (χ3v) is 4.43. The Hall–Kier alpha value is -2.83. The fourth-order valence-electron chi connectivity index (χ4n) is 3.23. The van der Waals surface area contributed by atoms with Crippen LogP contribution in [0.3, 0.4) is 0 Å². The predicted octanol–water partition coefficient (Wildman–Crippen LogP) is 3.19. The maximum atomic E-state index is 10.7. The number of nitrogen functional groups attached to an aromatic ring is 1. The number of nitrogens with one attached hydrogen (secondary N) is 1. The largest absolute Gasteiger partial charge is 0.481 e. The minimum absolute atomic E-state index is 0.135. The number of carbonyl (C=O) groups is 1. The van der Waals surface area contributed by atoms with Gasteiger partial charge in [0.05, 0.1) is 5.52 Å². The van der Waals surface area contributed by atoms with Gasteiger partial charge < -0.3 is 20.7 Å². The molecule has 0 saturated carbocycles. The van der Waals surface area contributed by atoms with Gasteiger partial charge in [0.2, 0.25) is 5.95 Å². The number of fused-ring (bicyclic) bond motifs is 3. The number of nitrogens with two attached hydrogens (primary N) is 1. The van der Waals surface area contributed by atoms with E-state index in [0.29, 0.717) is 30.6 Å². The monoisotopic (exact) mass is 355 g/mol. The van der Waals surface area contributed by atoms with Gasteiger partial charge in [-0.15, -0.1) is 0 Å². The molecular formula is C19H25N5O2. The molecule has 0 bridgehead atoms. The number of benzene rings is 1. The first kappa shape index (κ1) is 18.0. The fraction of sp³-hybridized carbons (Fsp3) is 0.421. The number of aromatic amines is 1. The Morgan fingerprint density at radius 3 is 2.81 bits per heavy atom. The van der Waals surface area contributed by atoms with Crippen molar-refractivity contribution in [3.63, 3.8) is 0 Å². The van der Waals surface area contributed by atoms with Gasteiger partial charge >= 0.3 is 5.97 Å². The van der Waals surface area contributed by atoms with E-state index < -0.39 is 5.97 Å². The number of aliphatic carboxylic acids is 1. The molecule has 7 nitrogen and oxygen atoms in total. The van der Waals surface area contributed by atoms with Crippen molar-refractivity contribution in [3.05, 3.63) is 23.8 Å². The zero-order chi connectivity index (χ0) is 18.8. The molecule has 0 aliphatic rings. The molecule has 2 aromatic heterocycles. The van der Waals surface area contributed by atoms with Crippen molar-refractivity contribution in [1.82, 2.24) is 15.0 Å². The molecule has 3 rings (SSSR count). The molecule has 0 saturated heterocycles. The highest BCUT2D eigenvalue weighted by Crippen LogP contribution is 2.31. The van der Waals surface area contributed by atoms with Crippen LogP contribution in [0.4, 0.5) is 11.8 Å². The second-order valence-electron chi connectivity index (χ2n) is 7.11. The van der Waals surface area contributed by atoms with Crippen LogP contribution < -0.4 is 10.6 Å². The fourth-order valence-corrected chi connectivity index (χ4v) is 3.23. The average molecular weight is 355 g/mol. The van der Waals surface area contributed by atoms with E-state index in [4.69, 9.17) is 15.8 Å². The standard InChI is InChI=1S/C19H25N5O2/c1-11(2)10-12-6-4-7-13-15(12)16-17(18(20)21-13)23-19(22-16)24(3)9-5-8-14(25)26/h4,6-7,11H,5,8-10H2,1-3H3,(H2,20,21)(H,22,23)(H,25,26). The van der Waals surface area contributed by atoms with Gasteiger partial charge in [-0.3, -0.25) is 4.79 Å². The van der Waals surface area contributed by atoms with Gasteiger partial charge in [0.1, 0.15) is 16.9 Å². The highest BCUT2D eigenvalue weighted by molar-refractivity contribution is 6.08. The minimum Gasteiger partial charge on any atom is -0.481 e. The Morgan fingerprint density at radius 1 is 1.35 bits per heavy atom. The number of aromatic nitrogens is 3. The van der Waals surface area contributed by atoms with Crippen LogP contribution in [0.15, 0.2) is 18.2 Å². The summed E-state index contributed by atoms with van der Waals surface area (Å²) in [6.45, 7) is 4.97. The number of rotatable bonds is 7. The first-order chi connectivity index (χ1) is 12.4. The molecule has 0 spiro atoms. The van der Waals surface area contributed by atoms with E-state index in [1.54, 1.807) is 0 Å². The SMILES string of the molecule is CC(C)Cc1cccc2nc(N)c3[nH]c(N(C)CCCC(=O)O)nc3c12. The van der Waals surface area contributed by atoms with E-state index in [0.717, 1.165) is 28.4 Å². The second kappa shape index (κ2) is 7.19. The van der Waals surface area contributed by atoms with E-state index in [-0.39, 0.29) is 6.42 Å². The zero-order valence-electron chi connectivity index (χ0n) is 15.4. The summed E-state index contributed by atoms with van der Waals surface area (Å²) >= 11 is 0. The normalized spacial score (nSPS) is 11.5. The lowest BCUT2D eigenvalue weighted by Gasteiger charge is -2.14.